The number of aromatic nitrogens is 4. The Labute approximate surface area is 266 Å². The number of aliphatic carboxylic acids is 1. The van der Waals surface area contributed by atoms with Crippen LogP contribution in [0.25, 0.3) is 16.6 Å². The molecule has 1 atom stereocenters. The lowest BCUT2D eigenvalue weighted by Crippen LogP contribution is -2.42. The zero-order valence-corrected chi connectivity index (χ0v) is 25.8. The van der Waals surface area contributed by atoms with E-state index in [4.69, 9.17) is 0 Å². The number of nitrogens with zero attached hydrogens (tertiary/aromatic N) is 4. The van der Waals surface area contributed by atoms with E-state index in [9.17, 15) is 37.1 Å². The van der Waals surface area contributed by atoms with Gasteiger partial charge in [-0.1, -0.05) is 12.1 Å². The Bertz CT molecular complexity index is 2220. The number of hydrogen-bond acceptors (Lipinski definition) is 9. The SMILES string of the molecule is CNCc1ccc(S(=O)(=O)Nc2ccc(C(=O)N[C@@H](Cc3ccc(-n4c(=O)c5ccncc5n(C)c4=O)cn3)C(=O)O)c(F)c2)cc1. The molecule has 47 heavy (non-hydrogen) atoms. The highest BCUT2D eigenvalue weighted by atomic mass is 32.2. The molecule has 3 heterocycles. The molecule has 0 fully saturated rings. The van der Waals surface area contributed by atoms with Crippen molar-refractivity contribution in [3.63, 3.8) is 0 Å². The first-order valence-corrected chi connectivity index (χ1v) is 15.5. The highest BCUT2D eigenvalue weighted by molar-refractivity contribution is 7.92. The van der Waals surface area contributed by atoms with Gasteiger partial charge in [0.15, 0.2) is 0 Å². The fraction of sp³-hybridized carbons (Fsp3) is 0.161. The van der Waals surface area contributed by atoms with Gasteiger partial charge in [0.2, 0.25) is 0 Å². The predicted molar refractivity (Wildman–Crippen MR) is 169 cm³/mol. The molecule has 1 amide bonds. The summed E-state index contributed by atoms with van der Waals surface area (Å²) in [7, 11) is -0.814. The average molecular weight is 662 g/mol. The van der Waals surface area contributed by atoms with Crippen LogP contribution in [-0.2, 0) is 34.8 Å². The van der Waals surface area contributed by atoms with Crippen LogP contribution in [0, 0.1) is 5.82 Å². The van der Waals surface area contributed by atoms with Crippen LogP contribution >= 0.6 is 0 Å². The Hall–Kier alpha value is -5.74. The number of nitrogens with one attached hydrogen (secondary N) is 3. The smallest absolute Gasteiger partial charge is 0.335 e. The molecule has 0 aliphatic rings. The van der Waals surface area contributed by atoms with Crippen molar-refractivity contribution < 1.29 is 27.5 Å². The topological polar surface area (TPSA) is 194 Å². The van der Waals surface area contributed by atoms with Crippen LogP contribution < -0.4 is 26.6 Å². The van der Waals surface area contributed by atoms with Gasteiger partial charge >= 0.3 is 11.7 Å². The lowest BCUT2D eigenvalue weighted by atomic mass is 10.1. The van der Waals surface area contributed by atoms with Crippen LogP contribution in [0.2, 0.25) is 0 Å². The third kappa shape index (κ3) is 6.92. The fourth-order valence-corrected chi connectivity index (χ4v) is 5.85. The van der Waals surface area contributed by atoms with Gasteiger partial charge in [-0.25, -0.2) is 27.0 Å². The molecule has 5 aromatic rings. The van der Waals surface area contributed by atoms with E-state index in [1.807, 2.05) is 0 Å². The van der Waals surface area contributed by atoms with Gasteiger partial charge in [-0.15, -0.1) is 0 Å². The lowest BCUT2D eigenvalue weighted by molar-refractivity contribution is -0.139. The molecule has 0 saturated heterocycles. The Balaban J connectivity index is 1.29. The normalized spacial score (nSPS) is 12.1. The highest BCUT2D eigenvalue weighted by Gasteiger charge is 2.24. The molecule has 0 aliphatic heterocycles. The molecule has 0 aliphatic carbocycles. The van der Waals surface area contributed by atoms with Gasteiger partial charge in [0.05, 0.1) is 45.1 Å². The number of anilines is 1. The summed E-state index contributed by atoms with van der Waals surface area (Å²) in [5, 5.41) is 15.2. The third-order valence-electron chi connectivity index (χ3n) is 7.24. The minimum Gasteiger partial charge on any atom is -0.480 e. The van der Waals surface area contributed by atoms with E-state index < -0.39 is 50.6 Å². The van der Waals surface area contributed by atoms with Gasteiger partial charge in [0.25, 0.3) is 21.5 Å². The molecule has 0 bridgehead atoms. The van der Waals surface area contributed by atoms with Gasteiger partial charge in [0.1, 0.15) is 11.9 Å². The summed E-state index contributed by atoms with van der Waals surface area (Å²) in [4.78, 5) is 58.9. The number of sulfonamides is 1. The molecule has 242 valence electrons. The van der Waals surface area contributed by atoms with Crippen molar-refractivity contribution in [2.45, 2.75) is 23.9 Å². The van der Waals surface area contributed by atoms with Crippen LogP contribution in [0.1, 0.15) is 21.6 Å². The van der Waals surface area contributed by atoms with Crippen LogP contribution in [0.4, 0.5) is 10.1 Å². The quantitative estimate of drug-likeness (QED) is 0.161. The summed E-state index contributed by atoms with van der Waals surface area (Å²) in [6.07, 6.45) is 3.74. The number of carboxylic acids is 1. The summed E-state index contributed by atoms with van der Waals surface area (Å²) in [6, 6.07) is 11.9. The third-order valence-corrected chi connectivity index (χ3v) is 8.63. The first kappa shape index (κ1) is 32.6. The number of carbonyl (C=O) groups is 2. The number of hydrogen-bond donors (Lipinski definition) is 4. The zero-order valence-electron chi connectivity index (χ0n) is 25.0. The van der Waals surface area contributed by atoms with Gasteiger partial charge in [-0.3, -0.25) is 28.8 Å². The van der Waals surface area contributed by atoms with Crippen molar-refractivity contribution in [2.24, 2.45) is 7.05 Å². The van der Waals surface area contributed by atoms with E-state index in [2.05, 4.69) is 25.3 Å². The Kier molecular flexibility index (Phi) is 9.25. The maximum Gasteiger partial charge on any atom is 0.335 e. The second kappa shape index (κ2) is 13.3. The van der Waals surface area contributed by atoms with Crippen molar-refractivity contribution in [3.05, 3.63) is 123 Å². The van der Waals surface area contributed by atoms with Crippen LogP contribution in [-0.4, -0.2) is 57.6 Å². The molecule has 0 unspecified atom stereocenters. The van der Waals surface area contributed by atoms with Crippen molar-refractivity contribution in [1.29, 1.82) is 0 Å². The van der Waals surface area contributed by atoms with Gasteiger partial charge in [-0.2, -0.15) is 0 Å². The Morgan fingerprint density at radius 2 is 1.77 bits per heavy atom. The van der Waals surface area contributed by atoms with Crippen molar-refractivity contribution >= 4 is 38.5 Å². The van der Waals surface area contributed by atoms with Gasteiger partial charge in [-0.05, 0) is 61.1 Å². The van der Waals surface area contributed by atoms with E-state index in [0.717, 1.165) is 22.3 Å². The Morgan fingerprint density at radius 1 is 1.02 bits per heavy atom. The summed E-state index contributed by atoms with van der Waals surface area (Å²) in [6.45, 7) is 0.545. The van der Waals surface area contributed by atoms with Crippen LogP contribution in [0.5, 0.6) is 0 Å². The van der Waals surface area contributed by atoms with E-state index in [-0.39, 0.29) is 33.8 Å². The number of pyridine rings is 2. The van der Waals surface area contributed by atoms with E-state index in [1.54, 1.807) is 19.2 Å². The maximum absolute atomic E-state index is 15.0. The average Bonchev–Trinajstić information content (AvgIpc) is 3.04. The molecule has 5 rings (SSSR count). The van der Waals surface area contributed by atoms with Crippen LogP contribution in [0.15, 0.2) is 93.7 Å². The second-order valence-corrected chi connectivity index (χ2v) is 12.1. The van der Waals surface area contributed by atoms with E-state index >= 15 is 0 Å². The number of carbonyl (C=O) groups excluding carboxylic acids is 1. The number of aryl methyl sites for hydroxylation is 1. The maximum atomic E-state index is 15.0. The molecular weight excluding hydrogens is 633 g/mol. The number of fused-ring (bicyclic) bond motifs is 1. The van der Waals surface area contributed by atoms with Crippen LogP contribution in [0.3, 0.4) is 0 Å². The minimum atomic E-state index is -4.06. The summed E-state index contributed by atoms with van der Waals surface area (Å²) < 4.78 is 44.9. The summed E-state index contributed by atoms with van der Waals surface area (Å²) in [5.74, 6) is -3.57. The first-order valence-electron chi connectivity index (χ1n) is 14.0. The van der Waals surface area contributed by atoms with Gasteiger partial charge in [0, 0.05) is 31.9 Å². The lowest BCUT2D eigenvalue weighted by Gasteiger charge is -2.16. The molecule has 0 saturated carbocycles. The van der Waals surface area contributed by atoms with Crippen molar-refractivity contribution in [2.75, 3.05) is 11.8 Å². The highest BCUT2D eigenvalue weighted by Crippen LogP contribution is 2.20. The summed E-state index contributed by atoms with van der Waals surface area (Å²) in [5.41, 5.74) is -0.339. The molecule has 2 aromatic carbocycles. The number of rotatable bonds is 11. The number of amides is 1. The second-order valence-electron chi connectivity index (χ2n) is 10.4. The minimum absolute atomic E-state index is 0.0464. The molecule has 0 radical (unpaired) electrons. The fourth-order valence-electron chi connectivity index (χ4n) is 4.80. The molecule has 4 N–H and O–H groups in total. The van der Waals surface area contributed by atoms with E-state index in [0.29, 0.717) is 12.1 Å². The summed E-state index contributed by atoms with van der Waals surface area (Å²) >= 11 is 0. The number of benzene rings is 2. The van der Waals surface area contributed by atoms with Crippen molar-refractivity contribution in [3.8, 4) is 5.69 Å². The molecule has 3 aromatic heterocycles. The largest absolute Gasteiger partial charge is 0.480 e. The Morgan fingerprint density at radius 3 is 2.40 bits per heavy atom. The molecule has 14 nitrogen and oxygen atoms in total. The molecular formula is C31H28FN7O7S. The number of halogens is 1. The first-order chi connectivity index (χ1) is 22.4. The van der Waals surface area contributed by atoms with Gasteiger partial charge < -0.3 is 15.7 Å². The molecule has 16 heteroatoms. The monoisotopic (exact) mass is 661 g/mol. The standard InChI is InChI=1S/C31H28FN7O7S/c1-33-15-18-3-8-22(9-4-18)47(45,46)37-20-6-10-23(25(32)13-20)28(40)36-26(30(42)43)14-19-5-7-21(16-35-19)39-29(41)24-11-12-34-17-27(24)38(2)31(39)44/h3-13,16-17,26,33,37H,14-15H2,1-2H3,(H,36,40)(H,42,43)/t26-/m0/s1. The molecule has 0 spiro atoms. The number of carboxylic acid groups (broad SMARTS) is 1. The zero-order chi connectivity index (χ0) is 33.9. The van der Waals surface area contributed by atoms with E-state index in [1.165, 1.54) is 66.6 Å². The van der Waals surface area contributed by atoms with Crippen molar-refractivity contribution in [1.82, 2.24) is 29.7 Å². The predicted octanol–water partition coefficient (Wildman–Crippen LogP) is 1.56.